The van der Waals surface area contributed by atoms with Crippen LogP contribution in [-0.2, 0) is 6.42 Å². The Labute approximate surface area is 184 Å². The molecule has 0 amide bonds. The molecule has 0 atom stereocenters. The van der Waals surface area contributed by atoms with Gasteiger partial charge in [0.25, 0.3) is 0 Å². The third kappa shape index (κ3) is 5.11. The first kappa shape index (κ1) is 22.5. The fraction of sp³-hybridized carbons (Fsp3) is 0.556. The summed E-state index contributed by atoms with van der Waals surface area (Å²) in [4.78, 5) is 5.01. The highest BCUT2D eigenvalue weighted by Crippen LogP contribution is 2.40. The van der Waals surface area contributed by atoms with Crippen LogP contribution in [0.4, 0.5) is 11.4 Å². The number of hydrogen-bond acceptors (Lipinski definition) is 3. The molecular formula is C27H40N2O. The molecule has 3 nitrogen and oxygen atoms in total. The number of anilines is 2. The zero-order valence-corrected chi connectivity index (χ0v) is 19.5. The zero-order chi connectivity index (χ0) is 21.3. The maximum Gasteiger partial charge on any atom is 0.133 e. The van der Waals surface area contributed by atoms with Gasteiger partial charge in [0.2, 0.25) is 0 Å². The lowest BCUT2D eigenvalue weighted by Gasteiger charge is -2.31. The average Bonchev–Trinajstić information content (AvgIpc) is 2.85. The molecule has 0 N–H and O–H groups in total. The molecule has 0 unspecified atom stereocenters. The molecule has 2 saturated heterocycles. The standard InChI is InChI=1S/C23H28N2O.2C2H6/c1-3-11-24(12-4-1)20-9-7-18-15-19-8-10-21(25-13-5-2-6-14-25)17-23(19)26-22(18)16-20;2*1-2/h7-10,16-17H,1-6,11-15H2;2*1-2H3. The summed E-state index contributed by atoms with van der Waals surface area (Å²) in [5, 5.41) is 0. The number of fused-ring (bicyclic) bond motifs is 2. The van der Waals surface area contributed by atoms with Crippen LogP contribution < -0.4 is 14.5 Å². The van der Waals surface area contributed by atoms with Gasteiger partial charge in [-0.05, 0) is 61.8 Å². The quantitative estimate of drug-likeness (QED) is 0.439. The highest BCUT2D eigenvalue weighted by molar-refractivity contribution is 5.62. The Morgan fingerprint density at radius 1 is 0.567 bits per heavy atom. The first-order chi connectivity index (χ1) is 14.9. The van der Waals surface area contributed by atoms with E-state index in [9.17, 15) is 0 Å². The molecule has 3 heteroatoms. The minimum atomic E-state index is 0.977. The summed E-state index contributed by atoms with van der Waals surface area (Å²) in [5.74, 6) is 2.10. The summed E-state index contributed by atoms with van der Waals surface area (Å²) in [6.45, 7) is 12.7. The topological polar surface area (TPSA) is 15.7 Å². The molecule has 3 heterocycles. The Kier molecular flexibility index (Phi) is 8.48. The average molecular weight is 409 g/mol. The van der Waals surface area contributed by atoms with Gasteiger partial charge in [-0.3, -0.25) is 0 Å². The van der Waals surface area contributed by atoms with E-state index in [2.05, 4.69) is 46.2 Å². The van der Waals surface area contributed by atoms with Gasteiger partial charge >= 0.3 is 0 Å². The smallest absolute Gasteiger partial charge is 0.133 e. The predicted molar refractivity (Wildman–Crippen MR) is 131 cm³/mol. The lowest BCUT2D eigenvalue weighted by Crippen LogP contribution is -2.29. The third-order valence-corrected chi connectivity index (χ3v) is 6.14. The van der Waals surface area contributed by atoms with E-state index in [1.165, 1.54) is 87.2 Å². The maximum absolute atomic E-state index is 6.39. The monoisotopic (exact) mass is 408 g/mol. The molecule has 2 aromatic rings. The molecule has 0 aliphatic carbocycles. The number of benzene rings is 2. The highest BCUT2D eigenvalue weighted by Gasteiger charge is 2.21. The molecule has 0 aromatic heterocycles. The molecule has 3 aliphatic rings. The van der Waals surface area contributed by atoms with Gasteiger partial charge < -0.3 is 14.5 Å². The number of rotatable bonds is 2. The predicted octanol–water partition coefficient (Wildman–Crippen LogP) is 7.42. The van der Waals surface area contributed by atoms with Crippen molar-refractivity contribution in [2.24, 2.45) is 0 Å². The second-order valence-electron chi connectivity index (χ2n) is 7.96. The summed E-state index contributed by atoms with van der Waals surface area (Å²) in [5.41, 5.74) is 5.26. The summed E-state index contributed by atoms with van der Waals surface area (Å²) in [6.07, 6.45) is 8.93. The lowest BCUT2D eigenvalue weighted by atomic mass is 9.98. The molecule has 0 bridgehead atoms. The van der Waals surface area contributed by atoms with Crippen molar-refractivity contribution in [3.05, 3.63) is 47.5 Å². The van der Waals surface area contributed by atoms with Crippen LogP contribution in [0.25, 0.3) is 0 Å². The first-order valence-corrected chi connectivity index (χ1v) is 12.3. The van der Waals surface area contributed by atoms with Crippen LogP contribution in [0.2, 0.25) is 0 Å². The minimum Gasteiger partial charge on any atom is -0.457 e. The fourth-order valence-electron chi connectivity index (χ4n) is 4.59. The van der Waals surface area contributed by atoms with E-state index >= 15 is 0 Å². The van der Waals surface area contributed by atoms with Gasteiger partial charge in [-0.15, -0.1) is 0 Å². The van der Waals surface area contributed by atoms with Crippen LogP contribution >= 0.6 is 0 Å². The summed E-state index contributed by atoms with van der Waals surface area (Å²) in [7, 11) is 0. The summed E-state index contributed by atoms with van der Waals surface area (Å²) < 4.78 is 6.39. The van der Waals surface area contributed by atoms with Crippen LogP contribution in [0.15, 0.2) is 36.4 Å². The van der Waals surface area contributed by atoms with Crippen molar-refractivity contribution < 1.29 is 4.74 Å². The maximum atomic E-state index is 6.39. The normalized spacial score (nSPS) is 17.3. The van der Waals surface area contributed by atoms with Crippen molar-refractivity contribution >= 4 is 11.4 Å². The second kappa shape index (κ2) is 11.3. The second-order valence-corrected chi connectivity index (χ2v) is 7.96. The number of nitrogens with zero attached hydrogens (tertiary/aromatic N) is 2. The van der Waals surface area contributed by atoms with Crippen LogP contribution in [0, 0.1) is 0 Å². The van der Waals surface area contributed by atoms with Crippen LogP contribution in [0.3, 0.4) is 0 Å². The van der Waals surface area contributed by atoms with Gasteiger partial charge in [0, 0.05) is 56.1 Å². The van der Waals surface area contributed by atoms with Gasteiger partial charge in [-0.25, -0.2) is 0 Å². The number of piperidine rings is 2. The molecule has 2 fully saturated rings. The van der Waals surface area contributed by atoms with Crippen LogP contribution in [0.5, 0.6) is 11.5 Å². The Morgan fingerprint density at radius 3 is 1.37 bits per heavy atom. The van der Waals surface area contributed by atoms with Crippen molar-refractivity contribution in [3.8, 4) is 11.5 Å². The van der Waals surface area contributed by atoms with E-state index in [1.54, 1.807) is 0 Å². The Morgan fingerprint density at radius 2 is 0.967 bits per heavy atom. The largest absolute Gasteiger partial charge is 0.457 e. The lowest BCUT2D eigenvalue weighted by molar-refractivity contribution is 0.459. The van der Waals surface area contributed by atoms with Crippen molar-refractivity contribution in [1.29, 1.82) is 0 Å². The fourth-order valence-corrected chi connectivity index (χ4v) is 4.59. The van der Waals surface area contributed by atoms with Gasteiger partial charge in [0.15, 0.2) is 0 Å². The zero-order valence-electron chi connectivity index (χ0n) is 19.5. The molecule has 30 heavy (non-hydrogen) atoms. The summed E-state index contributed by atoms with van der Waals surface area (Å²) >= 11 is 0. The minimum absolute atomic E-state index is 0.977. The molecule has 164 valence electrons. The molecular weight excluding hydrogens is 368 g/mol. The van der Waals surface area contributed by atoms with E-state index < -0.39 is 0 Å². The third-order valence-electron chi connectivity index (χ3n) is 6.14. The molecule has 0 spiro atoms. The van der Waals surface area contributed by atoms with E-state index in [4.69, 9.17) is 4.74 Å². The molecule has 3 aliphatic heterocycles. The highest BCUT2D eigenvalue weighted by atomic mass is 16.5. The summed E-state index contributed by atoms with van der Waals surface area (Å²) in [6, 6.07) is 13.6. The number of ether oxygens (including phenoxy) is 1. The SMILES string of the molecule is CC.CC.c1cc2c(cc1N1CCCCC1)Oc1cc(N3CCCCC3)ccc1C2. The van der Waals surface area contributed by atoms with E-state index in [0.29, 0.717) is 0 Å². The Balaban J connectivity index is 0.000000606. The molecule has 0 radical (unpaired) electrons. The van der Waals surface area contributed by atoms with Crippen molar-refractivity contribution in [2.75, 3.05) is 36.0 Å². The molecule has 5 rings (SSSR count). The van der Waals surface area contributed by atoms with E-state index in [-0.39, 0.29) is 0 Å². The Bertz CT molecular complexity index is 724. The molecule has 0 saturated carbocycles. The molecule has 2 aromatic carbocycles. The van der Waals surface area contributed by atoms with Crippen molar-refractivity contribution in [2.45, 2.75) is 72.6 Å². The van der Waals surface area contributed by atoms with Crippen LogP contribution in [0.1, 0.15) is 77.3 Å². The van der Waals surface area contributed by atoms with Gasteiger partial charge in [-0.1, -0.05) is 39.8 Å². The van der Waals surface area contributed by atoms with Crippen molar-refractivity contribution in [1.82, 2.24) is 0 Å². The van der Waals surface area contributed by atoms with Crippen molar-refractivity contribution in [3.63, 3.8) is 0 Å². The van der Waals surface area contributed by atoms with Gasteiger partial charge in [0.05, 0.1) is 0 Å². The Hall–Kier alpha value is -2.16. The number of hydrogen-bond donors (Lipinski definition) is 0. The van der Waals surface area contributed by atoms with Crippen LogP contribution in [-0.4, -0.2) is 26.2 Å². The van der Waals surface area contributed by atoms with Gasteiger partial charge in [-0.2, -0.15) is 0 Å². The first-order valence-electron chi connectivity index (χ1n) is 12.3. The van der Waals surface area contributed by atoms with Gasteiger partial charge in [0.1, 0.15) is 11.5 Å². The van der Waals surface area contributed by atoms with E-state index in [1.807, 2.05) is 27.7 Å². The van der Waals surface area contributed by atoms with E-state index in [0.717, 1.165) is 17.9 Å².